The van der Waals surface area contributed by atoms with Crippen LogP contribution in [0.25, 0.3) is 0 Å². The van der Waals surface area contributed by atoms with Gasteiger partial charge in [-0.05, 0) is 42.5 Å². The molecule has 1 aromatic carbocycles. The van der Waals surface area contributed by atoms with Gasteiger partial charge < -0.3 is 10.3 Å². The van der Waals surface area contributed by atoms with Gasteiger partial charge in [0.2, 0.25) is 5.91 Å². The molecule has 130 valence electrons. The molecule has 2 aliphatic rings. The van der Waals surface area contributed by atoms with Crippen LogP contribution in [0.4, 0.5) is 0 Å². The Morgan fingerprint density at radius 3 is 3.08 bits per heavy atom. The average molecular weight is 365 g/mol. The molecular formula is C19H25ClN2OS. The lowest BCUT2D eigenvalue weighted by molar-refractivity contribution is -0.134. The molecule has 24 heavy (non-hydrogen) atoms. The Hall–Kier alpha value is -1.00. The molecule has 3 nitrogen and oxygen atoms in total. The Labute approximate surface area is 153 Å². The Kier molecular flexibility index (Phi) is 5.88. The molecule has 0 spiro atoms. The van der Waals surface area contributed by atoms with E-state index in [-0.39, 0.29) is 17.9 Å². The van der Waals surface area contributed by atoms with E-state index < -0.39 is 0 Å². The topological polar surface area (TPSA) is 44.2 Å². The van der Waals surface area contributed by atoms with Crippen LogP contribution in [-0.4, -0.2) is 40.6 Å². The predicted molar refractivity (Wildman–Crippen MR) is 103 cm³/mol. The van der Waals surface area contributed by atoms with E-state index >= 15 is 0 Å². The maximum Gasteiger partial charge on any atom is 0.230 e. The molecule has 1 amide bonds. The van der Waals surface area contributed by atoms with E-state index in [0.29, 0.717) is 0 Å². The van der Waals surface area contributed by atoms with Crippen LogP contribution < -0.4 is 0 Å². The molecule has 1 fully saturated rings. The van der Waals surface area contributed by atoms with Crippen LogP contribution >= 0.6 is 23.4 Å². The van der Waals surface area contributed by atoms with Crippen molar-refractivity contribution >= 4 is 35.0 Å². The van der Waals surface area contributed by atoms with Crippen molar-refractivity contribution in [1.29, 1.82) is 5.41 Å². The predicted octanol–water partition coefficient (Wildman–Crippen LogP) is 4.52. The molecule has 2 unspecified atom stereocenters. The first-order valence-electron chi connectivity index (χ1n) is 8.83. The zero-order valence-electron chi connectivity index (χ0n) is 14.2. The summed E-state index contributed by atoms with van der Waals surface area (Å²) in [6, 6.07) is 6.11. The Bertz CT molecular complexity index is 634. The third kappa shape index (κ3) is 3.80. The summed E-state index contributed by atoms with van der Waals surface area (Å²) in [4.78, 5) is 15.3. The molecule has 3 rings (SSSR count). The molecule has 0 bridgehead atoms. The summed E-state index contributed by atoms with van der Waals surface area (Å²) < 4.78 is 0. The van der Waals surface area contributed by atoms with Gasteiger partial charge >= 0.3 is 0 Å². The van der Waals surface area contributed by atoms with E-state index in [2.05, 4.69) is 11.8 Å². The number of benzene rings is 1. The van der Waals surface area contributed by atoms with Gasteiger partial charge in [0.05, 0.1) is 5.92 Å². The van der Waals surface area contributed by atoms with Crippen molar-refractivity contribution in [3.8, 4) is 0 Å². The van der Waals surface area contributed by atoms with E-state index in [9.17, 15) is 4.79 Å². The first kappa shape index (κ1) is 17.8. The van der Waals surface area contributed by atoms with Gasteiger partial charge in [0.25, 0.3) is 0 Å². The molecule has 0 radical (unpaired) electrons. The second-order valence-electron chi connectivity index (χ2n) is 6.75. The molecule has 1 aliphatic carbocycles. The number of rotatable bonds is 5. The average Bonchev–Trinajstić information content (AvgIpc) is 2.98. The fourth-order valence-electron chi connectivity index (χ4n) is 3.85. The molecule has 5 heteroatoms. The van der Waals surface area contributed by atoms with E-state index in [1.54, 1.807) is 0 Å². The number of halogens is 1. The minimum atomic E-state index is -0.0248. The normalized spacial score (nSPS) is 23.2. The summed E-state index contributed by atoms with van der Waals surface area (Å²) in [5, 5.41) is 8.90. The zero-order chi connectivity index (χ0) is 17.1. The number of hydrogen-bond donors (Lipinski definition) is 1. The van der Waals surface area contributed by atoms with Crippen LogP contribution in [0.2, 0.25) is 5.02 Å². The van der Waals surface area contributed by atoms with Crippen molar-refractivity contribution in [2.24, 2.45) is 0 Å². The van der Waals surface area contributed by atoms with Gasteiger partial charge in [-0.3, -0.25) is 4.79 Å². The lowest BCUT2D eigenvalue weighted by Crippen LogP contribution is -2.48. The molecule has 1 heterocycles. The van der Waals surface area contributed by atoms with E-state index in [0.717, 1.165) is 66.5 Å². The molecule has 0 aromatic heterocycles. The first-order chi connectivity index (χ1) is 11.6. The Morgan fingerprint density at radius 1 is 1.46 bits per heavy atom. The van der Waals surface area contributed by atoms with Crippen molar-refractivity contribution in [2.45, 2.75) is 51.0 Å². The first-order valence-corrected chi connectivity index (χ1v) is 10.4. The number of thioether (sulfide) groups is 1. The maximum atomic E-state index is 13.2. The number of carbonyl (C=O) groups excluding carboxylic acids is 1. The van der Waals surface area contributed by atoms with E-state index in [4.69, 9.17) is 17.0 Å². The third-order valence-corrected chi connectivity index (χ3v) is 6.35. The zero-order valence-corrected chi connectivity index (χ0v) is 15.8. The molecule has 1 N–H and O–H groups in total. The monoisotopic (exact) mass is 364 g/mol. The summed E-state index contributed by atoms with van der Waals surface area (Å²) in [5.41, 5.74) is 3.16. The van der Waals surface area contributed by atoms with Crippen LogP contribution in [0.15, 0.2) is 18.2 Å². The Morgan fingerprint density at radius 2 is 2.29 bits per heavy atom. The molecule has 1 aromatic rings. The smallest absolute Gasteiger partial charge is 0.230 e. The van der Waals surface area contributed by atoms with Gasteiger partial charge in [0.15, 0.2) is 0 Å². The summed E-state index contributed by atoms with van der Waals surface area (Å²) in [6.45, 7) is 2.92. The quantitative estimate of drug-likeness (QED) is 0.780. The highest BCUT2D eigenvalue weighted by molar-refractivity contribution is 7.99. The van der Waals surface area contributed by atoms with Crippen molar-refractivity contribution in [1.82, 2.24) is 4.90 Å². The lowest BCUT2D eigenvalue weighted by atomic mass is 9.97. The number of carbonyl (C=O) groups is 1. The van der Waals surface area contributed by atoms with Crippen LogP contribution in [0.1, 0.15) is 49.7 Å². The summed E-state index contributed by atoms with van der Waals surface area (Å²) in [7, 11) is 0. The highest BCUT2D eigenvalue weighted by atomic mass is 35.5. The minimum Gasteiger partial charge on any atom is -0.337 e. The number of hydrogen-bond acceptors (Lipinski definition) is 3. The fourth-order valence-corrected chi connectivity index (χ4v) is 5.10. The highest BCUT2D eigenvalue weighted by Crippen LogP contribution is 2.37. The summed E-state index contributed by atoms with van der Waals surface area (Å²) in [5.74, 6) is 2.19. The standard InChI is InChI=1S/C19H25ClN2OS/c1-2-3-15(21)11-16-12-24-9-8-22(16)19(23)18-6-4-13-10-14(20)5-7-17(13)18/h5,7,10,16,18,21H,2-4,6,8-9,11-12H2,1H3. The number of aryl methyl sites for hydroxylation is 1. The van der Waals surface area contributed by atoms with Crippen molar-refractivity contribution < 1.29 is 4.79 Å². The van der Waals surface area contributed by atoms with Crippen molar-refractivity contribution in [2.75, 3.05) is 18.1 Å². The van der Waals surface area contributed by atoms with Crippen molar-refractivity contribution in [3.63, 3.8) is 0 Å². The number of fused-ring (bicyclic) bond motifs is 1. The fraction of sp³-hybridized carbons (Fsp3) is 0.579. The van der Waals surface area contributed by atoms with E-state index in [1.807, 2.05) is 30.0 Å². The Balaban J connectivity index is 1.74. The van der Waals surface area contributed by atoms with Crippen LogP contribution in [0, 0.1) is 5.41 Å². The summed E-state index contributed by atoms with van der Waals surface area (Å²) in [6.07, 6.45) is 4.40. The molecular weight excluding hydrogens is 340 g/mol. The number of amides is 1. The number of nitrogens with one attached hydrogen (secondary N) is 1. The van der Waals surface area contributed by atoms with Crippen LogP contribution in [-0.2, 0) is 11.2 Å². The summed E-state index contributed by atoms with van der Waals surface area (Å²) >= 11 is 7.99. The van der Waals surface area contributed by atoms with Gasteiger partial charge in [-0.1, -0.05) is 31.0 Å². The third-order valence-electron chi connectivity index (χ3n) is 5.03. The minimum absolute atomic E-state index is 0.0248. The van der Waals surface area contributed by atoms with Gasteiger partial charge in [-0.15, -0.1) is 0 Å². The number of nitrogens with zero attached hydrogens (tertiary/aromatic N) is 1. The lowest BCUT2D eigenvalue weighted by Gasteiger charge is -2.37. The van der Waals surface area contributed by atoms with Gasteiger partial charge in [-0.25, -0.2) is 0 Å². The largest absolute Gasteiger partial charge is 0.337 e. The van der Waals surface area contributed by atoms with E-state index in [1.165, 1.54) is 5.56 Å². The van der Waals surface area contributed by atoms with Crippen molar-refractivity contribution in [3.05, 3.63) is 34.3 Å². The SMILES string of the molecule is CCCC(=N)CC1CSCCN1C(=O)C1CCc2cc(Cl)ccc21. The van der Waals surface area contributed by atoms with Gasteiger partial charge in [0.1, 0.15) is 0 Å². The van der Waals surface area contributed by atoms with Crippen LogP contribution in [0.5, 0.6) is 0 Å². The molecule has 2 atom stereocenters. The molecule has 1 aliphatic heterocycles. The second-order valence-corrected chi connectivity index (χ2v) is 8.34. The second kappa shape index (κ2) is 7.92. The van der Waals surface area contributed by atoms with Crippen LogP contribution in [0.3, 0.4) is 0 Å². The molecule has 1 saturated heterocycles. The van der Waals surface area contributed by atoms with Gasteiger partial charge in [0, 0.05) is 41.2 Å². The maximum absolute atomic E-state index is 13.2. The highest BCUT2D eigenvalue weighted by Gasteiger charge is 2.36. The van der Waals surface area contributed by atoms with Gasteiger partial charge in [-0.2, -0.15) is 11.8 Å². The molecule has 0 saturated carbocycles.